The number of carbonyl (C=O) groups is 2. The summed E-state index contributed by atoms with van der Waals surface area (Å²) in [6.07, 6.45) is 0.295. The Kier molecular flexibility index (Phi) is 6.80. The van der Waals surface area contributed by atoms with Gasteiger partial charge in [0.25, 0.3) is 5.91 Å². The number of hydrogen-bond donors (Lipinski definition) is 2. The molecule has 0 spiro atoms. The van der Waals surface area contributed by atoms with Crippen molar-refractivity contribution in [2.24, 2.45) is 5.92 Å². The Labute approximate surface area is 165 Å². The second kappa shape index (κ2) is 8.88. The van der Waals surface area contributed by atoms with Gasteiger partial charge in [-0.3, -0.25) is 20.4 Å². The first-order chi connectivity index (χ1) is 13.1. The van der Waals surface area contributed by atoms with Crippen LogP contribution in [0.1, 0.15) is 41.8 Å². The Balaban J connectivity index is 2.05. The Morgan fingerprint density at radius 2 is 1.64 bits per heavy atom. The van der Waals surface area contributed by atoms with Crippen molar-refractivity contribution in [3.63, 3.8) is 0 Å². The summed E-state index contributed by atoms with van der Waals surface area (Å²) in [4.78, 5) is 23.7. The number of carbonyl (C=O) groups excluding carboxylic acids is 2. The molecular formula is C20H24N2O5S. The summed E-state index contributed by atoms with van der Waals surface area (Å²) in [6, 6.07) is 10.7. The van der Waals surface area contributed by atoms with Gasteiger partial charge in [0.05, 0.1) is 0 Å². The van der Waals surface area contributed by atoms with Crippen molar-refractivity contribution in [2.75, 3.05) is 0 Å². The van der Waals surface area contributed by atoms with Gasteiger partial charge in [-0.1, -0.05) is 26.0 Å². The van der Waals surface area contributed by atoms with E-state index in [1.165, 1.54) is 24.3 Å². The topological polar surface area (TPSA) is 102 Å². The summed E-state index contributed by atoms with van der Waals surface area (Å²) >= 11 is 0. The zero-order valence-corrected chi connectivity index (χ0v) is 17.1. The lowest BCUT2D eigenvalue weighted by molar-refractivity contribution is -0.122. The van der Waals surface area contributed by atoms with Gasteiger partial charge >= 0.3 is 10.1 Å². The van der Waals surface area contributed by atoms with E-state index in [0.29, 0.717) is 12.0 Å². The van der Waals surface area contributed by atoms with Crippen LogP contribution < -0.4 is 15.0 Å². The van der Waals surface area contributed by atoms with Crippen LogP contribution in [0.15, 0.2) is 47.4 Å². The second-order valence-corrected chi connectivity index (χ2v) is 8.45. The van der Waals surface area contributed by atoms with Crippen LogP contribution in [0.25, 0.3) is 0 Å². The van der Waals surface area contributed by atoms with Gasteiger partial charge in [-0.25, -0.2) is 0 Å². The van der Waals surface area contributed by atoms with Crippen molar-refractivity contribution < 1.29 is 22.2 Å². The fourth-order valence-corrected chi connectivity index (χ4v) is 3.68. The molecule has 7 nitrogen and oxygen atoms in total. The van der Waals surface area contributed by atoms with E-state index in [9.17, 15) is 18.0 Å². The van der Waals surface area contributed by atoms with E-state index in [4.69, 9.17) is 4.18 Å². The molecule has 2 aromatic rings. The maximum atomic E-state index is 12.5. The molecule has 150 valence electrons. The van der Waals surface area contributed by atoms with Crippen molar-refractivity contribution in [2.45, 2.75) is 39.0 Å². The van der Waals surface area contributed by atoms with Crippen LogP contribution in [-0.2, 0) is 14.9 Å². The van der Waals surface area contributed by atoms with E-state index in [0.717, 1.165) is 5.56 Å². The van der Waals surface area contributed by atoms with Crippen molar-refractivity contribution in [3.8, 4) is 5.75 Å². The zero-order valence-electron chi connectivity index (χ0n) is 16.3. The predicted molar refractivity (Wildman–Crippen MR) is 105 cm³/mol. The van der Waals surface area contributed by atoms with Crippen LogP contribution in [0.4, 0.5) is 0 Å². The first-order valence-corrected chi connectivity index (χ1v) is 10.2. The third-order valence-electron chi connectivity index (χ3n) is 3.84. The second-order valence-electron chi connectivity index (χ2n) is 6.93. The summed E-state index contributed by atoms with van der Waals surface area (Å²) < 4.78 is 30.2. The van der Waals surface area contributed by atoms with Crippen LogP contribution >= 0.6 is 0 Å². The van der Waals surface area contributed by atoms with Gasteiger partial charge in [0.15, 0.2) is 0 Å². The number of hydrogen-bond acceptors (Lipinski definition) is 5. The Morgan fingerprint density at radius 1 is 1.00 bits per heavy atom. The Morgan fingerprint density at radius 3 is 2.25 bits per heavy atom. The van der Waals surface area contributed by atoms with Gasteiger partial charge in [-0.05, 0) is 61.2 Å². The molecule has 2 amide bonds. The van der Waals surface area contributed by atoms with Crippen molar-refractivity contribution in [3.05, 3.63) is 59.2 Å². The fraction of sp³-hybridized carbons (Fsp3) is 0.300. The monoisotopic (exact) mass is 404 g/mol. The molecule has 2 N–H and O–H groups in total. The summed E-state index contributed by atoms with van der Waals surface area (Å²) in [5.41, 5.74) is 6.28. The molecule has 0 aliphatic heterocycles. The number of rotatable bonds is 6. The molecule has 0 bridgehead atoms. The molecule has 0 saturated carbocycles. The Hall–Kier alpha value is -2.87. The summed E-state index contributed by atoms with van der Waals surface area (Å²) in [5.74, 6) is -0.544. The van der Waals surface area contributed by atoms with E-state index in [-0.39, 0.29) is 28.0 Å². The smallest absolute Gasteiger partial charge is 0.339 e. The highest BCUT2D eigenvalue weighted by Crippen LogP contribution is 2.22. The van der Waals surface area contributed by atoms with Crippen LogP contribution in [0.5, 0.6) is 5.75 Å². The minimum atomic E-state index is -3.99. The molecule has 8 heteroatoms. The molecule has 0 aliphatic rings. The van der Waals surface area contributed by atoms with Crippen molar-refractivity contribution in [1.82, 2.24) is 10.9 Å². The third-order valence-corrected chi connectivity index (χ3v) is 5.23. The molecule has 0 aliphatic carbocycles. The predicted octanol–water partition coefficient (Wildman–Crippen LogP) is 2.88. The fourth-order valence-electron chi connectivity index (χ4n) is 2.43. The average molecular weight is 404 g/mol. The zero-order chi connectivity index (χ0) is 20.9. The largest absolute Gasteiger partial charge is 0.379 e. The Bertz CT molecular complexity index is 967. The lowest BCUT2D eigenvalue weighted by Crippen LogP contribution is -2.41. The van der Waals surface area contributed by atoms with E-state index in [1.807, 2.05) is 19.9 Å². The number of aryl methyl sites for hydroxylation is 2. The standard InChI is InChI=1S/C20H24N2O5S/c1-13(2)11-19(23)21-22-20(24)16-7-9-17(10-8-16)27-28(25,26)18-12-14(3)5-6-15(18)4/h5-10,12-13H,11H2,1-4H3,(H,21,23)(H,22,24). The van der Waals surface area contributed by atoms with Gasteiger partial charge in [0, 0.05) is 12.0 Å². The highest BCUT2D eigenvalue weighted by atomic mass is 32.2. The lowest BCUT2D eigenvalue weighted by atomic mass is 10.1. The molecule has 28 heavy (non-hydrogen) atoms. The molecule has 0 atom stereocenters. The molecule has 0 radical (unpaired) electrons. The number of nitrogens with one attached hydrogen (secondary N) is 2. The minimum absolute atomic E-state index is 0.0845. The molecule has 0 unspecified atom stereocenters. The highest BCUT2D eigenvalue weighted by Gasteiger charge is 2.20. The van der Waals surface area contributed by atoms with Gasteiger partial charge in [0.2, 0.25) is 5.91 Å². The summed E-state index contributed by atoms with van der Waals surface area (Å²) in [7, 11) is -3.99. The van der Waals surface area contributed by atoms with E-state index in [2.05, 4.69) is 10.9 Å². The quantitative estimate of drug-likeness (QED) is 0.569. The number of amides is 2. The first-order valence-electron chi connectivity index (χ1n) is 8.79. The minimum Gasteiger partial charge on any atom is -0.379 e. The first kappa shape index (κ1) is 21.4. The molecule has 0 fully saturated rings. The van der Waals surface area contributed by atoms with Gasteiger partial charge in [0.1, 0.15) is 10.6 Å². The van der Waals surface area contributed by atoms with Crippen molar-refractivity contribution >= 4 is 21.9 Å². The molecule has 2 aromatic carbocycles. The molecular weight excluding hydrogens is 380 g/mol. The SMILES string of the molecule is Cc1ccc(C)c(S(=O)(=O)Oc2ccc(C(=O)NNC(=O)CC(C)C)cc2)c1. The van der Waals surface area contributed by atoms with Crippen molar-refractivity contribution in [1.29, 1.82) is 0 Å². The third kappa shape index (κ3) is 5.82. The van der Waals surface area contributed by atoms with Crippen LogP contribution in [0, 0.1) is 19.8 Å². The lowest BCUT2D eigenvalue weighted by Gasteiger charge is -2.11. The summed E-state index contributed by atoms with van der Waals surface area (Å²) in [5, 5.41) is 0. The highest BCUT2D eigenvalue weighted by molar-refractivity contribution is 7.87. The molecule has 2 rings (SSSR count). The maximum Gasteiger partial charge on any atom is 0.339 e. The van der Waals surface area contributed by atoms with Gasteiger partial charge in [-0.2, -0.15) is 8.42 Å². The number of hydrazine groups is 1. The number of benzene rings is 2. The van der Waals surface area contributed by atoms with E-state index >= 15 is 0 Å². The molecule has 0 saturated heterocycles. The van der Waals surface area contributed by atoms with Gasteiger partial charge in [-0.15, -0.1) is 0 Å². The maximum absolute atomic E-state index is 12.5. The van der Waals surface area contributed by atoms with E-state index < -0.39 is 16.0 Å². The van der Waals surface area contributed by atoms with Gasteiger partial charge < -0.3 is 4.18 Å². The van der Waals surface area contributed by atoms with Crippen LogP contribution in [0.3, 0.4) is 0 Å². The molecule has 0 heterocycles. The normalized spacial score (nSPS) is 11.2. The summed E-state index contributed by atoms with van der Waals surface area (Å²) in [6.45, 7) is 7.28. The van der Waals surface area contributed by atoms with E-state index in [1.54, 1.807) is 26.0 Å². The van der Waals surface area contributed by atoms with Crippen LogP contribution in [0.2, 0.25) is 0 Å². The van der Waals surface area contributed by atoms with Crippen LogP contribution in [-0.4, -0.2) is 20.2 Å². The molecule has 0 aromatic heterocycles. The average Bonchev–Trinajstić information content (AvgIpc) is 2.61.